The van der Waals surface area contributed by atoms with E-state index in [9.17, 15) is 9.90 Å². The van der Waals surface area contributed by atoms with Crippen molar-refractivity contribution in [3.8, 4) is 5.75 Å². The molecule has 82 valence electrons. The number of hydrogen-bond acceptors (Lipinski definition) is 3. The third kappa shape index (κ3) is 3.59. The van der Waals surface area contributed by atoms with Crippen molar-refractivity contribution in [2.24, 2.45) is 0 Å². The predicted octanol–water partition coefficient (Wildman–Crippen LogP) is 1.59. The topological polar surface area (TPSA) is 66.8 Å². The molecule has 1 rings (SSSR count). The van der Waals surface area contributed by atoms with E-state index in [1.807, 2.05) is 0 Å². The Hall–Kier alpha value is -1.55. The van der Waals surface area contributed by atoms with Gasteiger partial charge in [-0.2, -0.15) is 0 Å². The molecule has 2 N–H and O–H groups in total. The number of carboxylic acids is 1. The van der Waals surface area contributed by atoms with Gasteiger partial charge in [-0.1, -0.05) is 12.1 Å². The van der Waals surface area contributed by atoms with Crippen LogP contribution in [-0.4, -0.2) is 23.3 Å². The third-order valence-corrected chi connectivity index (χ3v) is 2.13. The number of ether oxygens (including phenoxy) is 1. The summed E-state index contributed by atoms with van der Waals surface area (Å²) in [5, 5.41) is 18.1. The van der Waals surface area contributed by atoms with E-state index < -0.39 is 12.1 Å². The molecule has 0 bridgehead atoms. The molecular weight excluding hydrogens is 196 g/mol. The molecule has 1 unspecified atom stereocenters. The van der Waals surface area contributed by atoms with Crippen molar-refractivity contribution in [3.05, 3.63) is 29.8 Å². The Kier molecular flexibility index (Phi) is 4.12. The smallest absolute Gasteiger partial charge is 0.303 e. The molecule has 1 atom stereocenters. The summed E-state index contributed by atoms with van der Waals surface area (Å²) in [4.78, 5) is 10.3. The molecule has 0 aliphatic rings. The van der Waals surface area contributed by atoms with Crippen molar-refractivity contribution in [1.29, 1.82) is 0 Å². The molecule has 4 nitrogen and oxygen atoms in total. The second-order valence-electron chi connectivity index (χ2n) is 3.22. The molecule has 0 aliphatic carbocycles. The Labute approximate surface area is 88.1 Å². The zero-order valence-corrected chi connectivity index (χ0v) is 8.51. The van der Waals surface area contributed by atoms with Crippen LogP contribution in [0.3, 0.4) is 0 Å². The molecule has 1 aromatic carbocycles. The van der Waals surface area contributed by atoms with Gasteiger partial charge in [-0.15, -0.1) is 0 Å². The molecule has 1 aromatic rings. The van der Waals surface area contributed by atoms with E-state index >= 15 is 0 Å². The lowest BCUT2D eigenvalue weighted by Gasteiger charge is -2.09. The van der Waals surface area contributed by atoms with Gasteiger partial charge in [0.15, 0.2) is 0 Å². The van der Waals surface area contributed by atoms with Crippen molar-refractivity contribution >= 4 is 5.97 Å². The van der Waals surface area contributed by atoms with Gasteiger partial charge in [0, 0.05) is 6.42 Å². The van der Waals surface area contributed by atoms with Crippen molar-refractivity contribution in [1.82, 2.24) is 0 Å². The van der Waals surface area contributed by atoms with E-state index in [1.165, 1.54) is 0 Å². The van der Waals surface area contributed by atoms with Crippen molar-refractivity contribution < 1.29 is 19.7 Å². The summed E-state index contributed by atoms with van der Waals surface area (Å²) >= 11 is 0. The first-order valence-corrected chi connectivity index (χ1v) is 4.67. The number of carboxylic acid groups (broad SMARTS) is 1. The normalized spacial score (nSPS) is 12.1. The fourth-order valence-corrected chi connectivity index (χ4v) is 1.25. The second-order valence-corrected chi connectivity index (χ2v) is 3.22. The Bertz CT molecular complexity index is 318. The average molecular weight is 210 g/mol. The fraction of sp³-hybridized carbons (Fsp3) is 0.364. The van der Waals surface area contributed by atoms with Crippen LogP contribution < -0.4 is 4.74 Å². The standard InChI is InChI=1S/C11H14O4/c1-15-9-4-2-8(3-5-9)10(12)6-7-11(13)14/h2-5,10,12H,6-7H2,1H3,(H,13,14). The summed E-state index contributed by atoms with van der Waals surface area (Å²) in [5.41, 5.74) is 0.706. The summed E-state index contributed by atoms with van der Waals surface area (Å²) in [5.74, 6) is -0.188. The highest BCUT2D eigenvalue weighted by molar-refractivity contribution is 5.66. The number of benzene rings is 1. The number of aliphatic carboxylic acids is 1. The van der Waals surface area contributed by atoms with Gasteiger partial charge in [-0.3, -0.25) is 4.79 Å². The minimum Gasteiger partial charge on any atom is -0.497 e. The Morgan fingerprint density at radius 2 is 2.00 bits per heavy atom. The molecule has 4 heteroatoms. The minimum atomic E-state index is -0.900. The number of hydrogen-bond donors (Lipinski definition) is 2. The van der Waals surface area contributed by atoms with E-state index in [4.69, 9.17) is 9.84 Å². The van der Waals surface area contributed by atoms with Gasteiger partial charge >= 0.3 is 5.97 Å². The Morgan fingerprint density at radius 3 is 2.47 bits per heavy atom. The lowest BCUT2D eigenvalue weighted by atomic mass is 10.1. The summed E-state index contributed by atoms with van der Waals surface area (Å²) < 4.78 is 4.97. The van der Waals surface area contributed by atoms with Crippen LogP contribution in [0.5, 0.6) is 5.75 Å². The van der Waals surface area contributed by atoms with E-state index in [0.29, 0.717) is 11.3 Å². The minimum absolute atomic E-state index is 0.0345. The highest BCUT2D eigenvalue weighted by Crippen LogP contribution is 2.20. The molecular formula is C11H14O4. The number of aliphatic hydroxyl groups excluding tert-OH is 1. The Balaban J connectivity index is 2.57. The van der Waals surface area contributed by atoms with Gasteiger partial charge in [-0.05, 0) is 24.1 Å². The summed E-state index contributed by atoms with van der Waals surface area (Å²) in [7, 11) is 1.57. The van der Waals surface area contributed by atoms with Gasteiger partial charge in [0.25, 0.3) is 0 Å². The van der Waals surface area contributed by atoms with Crippen LogP contribution in [0, 0.1) is 0 Å². The molecule has 0 spiro atoms. The van der Waals surface area contributed by atoms with Gasteiger partial charge in [0.1, 0.15) is 5.75 Å². The van der Waals surface area contributed by atoms with E-state index in [0.717, 1.165) is 0 Å². The van der Waals surface area contributed by atoms with Gasteiger partial charge in [0.05, 0.1) is 13.2 Å². The lowest BCUT2D eigenvalue weighted by Crippen LogP contribution is -2.02. The zero-order chi connectivity index (χ0) is 11.3. The highest BCUT2D eigenvalue weighted by atomic mass is 16.5. The first-order chi connectivity index (χ1) is 7.13. The monoisotopic (exact) mass is 210 g/mol. The zero-order valence-electron chi connectivity index (χ0n) is 8.51. The van der Waals surface area contributed by atoms with Crippen LogP contribution in [0.1, 0.15) is 24.5 Å². The van der Waals surface area contributed by atoms with Crippen molar-refractivity contribution in [2.75, 3.05) is 7.11 Å². The number of rotatable bonds is 5. The van der Waals surface area contributed by atoms with Crippen LogP contribution >= 0.6 is 0 Å². The SMILES string of the molecule is COc1ccc(C(O)CCC(=O)O)cc1. The maximum atomic E-state index is 10.3. The largest absolute Gasteiger partial charge is 0.497 e. The van der Waals surface area contributed by atoms with Crippen LogP contribution in [0.15, 0.2) is 24.3 Å². The van der Waals surface area contributed by atoms with Gasteiger partial charge < -0.3 is 14.9 Å². The first-order valence-electron chi connectivity index (χ1n) is 4.67. The van der Waals surface area contributed by atoms with Gasteiger partial charge in [0.2, 0.25) is 0 Å². The van der Waals surface area contributed by atoms with Crippen molar-refractivity contribution in [2.45, 2.75) is 18.9 Å². The van der Waals surface area contributed by atoms with E-state index in [-0.39, 0.29) is 12.8 Å². The quantitative estimate of drug-likeness (QED) is 0.774. The van der Waals surface area contributed by atoms with Crippen molar-refractivity contribution in [3.63, 3.8) is 0 Å². The maximum absolute atomic E-state index is 10.3. The van der Waals surface area contributed by atoms with E-state index in [1.54, 1.807) is 31.4 Å². The second kappa shape index (κ2) is 5.36. The van der Waals surface area contributed by atoms with Crippen LogP contribution in [0.2, 0.25) is 0 Å². The molecule has 0 aromatic heterocycles. The number of methoxy groups -OCH3 is 1. The Morgan fingerprint density at radius 1 is 1.40 bits per heavy atom. The highest BCUT2D eigenvalue weighted by Gasteiger charge is 2.09. The molecule has 15 heavy (non-hydrogen) atoms. The molecule has 0 fully saturated rings. The van der Waals surface area contributed by atoms with Crippen LogP contribution in [0.25, 0.3) is 0 Å². The fourth-order valence-electron chi connectivity index (χ4n) is 1.25. The third-order valence-electron chi connectivity index (χ3n) is 2.13. The molecule has 0 amide bonds. The molecule has 0 radical (unpaired) electrons. The lowest BCUT2D eigenvalue weighted by molar-refractivity contribution is -0.137. The maximum Gasteiger partial charge on any atom is 0.303 e. The van der Waals surface area contributed by atoms with Gasteiger partial charge in [-0.25, -0.2) is 0 Å². The summed E-state index contributed by atoms with van der Waals surface area (Å²) in [6.07, 6.45) is -0.540. The summed E-state index contributed by atoms with van der Waals surface area (Å²) in [6, 6.07) is 6.93. The van der Waals surface area contributed by atoms with E-state index in [2.05, 4.69) is 0 Å². The summed E-state index contributed by atoms with van der Waals surface area (Å²) in [6.45, 7) is 0. The molecule has 0 heterocycles. The predicted molar refractivity (Wildman–Crippen MR) is 54.8 cm³/mol. The average Bonchev–Trinajstić information content (AvgIpc) is 2.26. The number of carbonyl (C=O) groups is 1. The molecule has 0 saturated heterocycles. The van der Waals surface area contributed by atoms with Crippen LogP contribution in [0.4, 0.5) is 0 Å². The van der Waals surface area contributed by atoms with Crippen LogP contribution in [-0.2, 0) is 4.79 Å². The molecule has 0 saturated carbocycles. The number of aliphatic hydroxyl groups is 1. The molecule has 0 aliphatic heterocycles. The first kappa shape index (κ1) is 11.5.